The van der Waals surface area contributed by atoms with Crippen molar-refractivity contribution in [2.24, 2.45) is 17.3 Å². The highest BCUT2D eigenvalue weighted by Gasteiger charge is 2.54. The first-order valence-corrected chi connectivity index (χ1v) is 8.30. The summed E-state index contributed by atoms with van der Waals surface area (Å²) >= 11 is 0. The van der Waals surface area contributed by atoms with E-state index in [4.69, 9.17) is 9.47 Å². The van der Waals surface area contributed by atoms with Gasteiger partial charge in [0.15, 0.2) is 5.41 Å². The van der Waals surface area contributed by atoms with E-state index in [9.17, 15) is 9.59 Å². The van der Waals surface area contributed by atoms with E-state index in [0.717, 1.165) is 44.9 Å². The maximum Gasteiger partial charge on any atom is 0.323 e. The molecule has 2 unspecified atom stereocenters. The van der Waals surface area contributed by atoms with Crippen LogP contribution in [-0.4, -0.2) is 26.2 Å². The molecule has 1 aliphatic carbocycles. The summed E-state index contributed by atoms with van der Waals surface area (Å²) in [6, 6.07) is 0. The van der Waals surface area contributed by atoms with Crippen molar-refractivity contribution >= 4 is 11.9 Å². The first-order valence-electron chi connectivity index (χ1n) is 8.30. The van der Waals surface area contributed by atoms with Gasteiger partial charge in [0.1, 0.15) is 0 Å². The van der Waals surface area contributed by atoms with Crippen LogP contribution in [0, 0.1) is 17.3 Å². The largest absolute Gasteiger partial charge is 0.468 e. The average molecular weight is 310 g/mol. The van der Waals surface area contributed by atoms with Crippen LogP contribution < -0.4 is 0 Å². The number of hydrogen-bond acceptors (Lipinski definition) is 4. The van der Waals surface area contributed by atoms with E-state index >= 15 is 0 Å². The molecule has 0 heterocycles. The lowest BCUT2D eigenvalue weighted by Gasteiger charge is -2.39. The van der Waals surface area contributed by atoms with Crippen LogP contribution in [0.3, 0.4) is 0 Å². The SMILES string of the molecule is C=CCCCCC(C(=O)OC)(C(=O)OC)C1CCCC(C)C1. The molecule has 0 aromatic heterocycles. The Balaban J connectivity index is 3.04. The number of carbonyl (C=O) groups is 2. The molecule has 2 atom stereocenters. The summed E-state index contributed by atoms with van der Waals surface area (Å²) < 4.78 is 10.0. The second-order valence-corrected chi connectivity index (χ2v) is 6.46. The number of ether oxygens (including phenoxy) is 2. The molecule has 0 aromatic carbocycles. The molecule has 126 valence electrons. The number of rotatable bonds is 8. The molecule has 0 bridgehead atoms. The molecule has 22 heavy (non-hydrogen) atoms. The first-order chi connectivity index (χ1) is 10.5. The van der Waals surface area contributed by atoms with E-state index in [1.807, 2.05) is 6.08 Å². The van der Waals surface area contributed by atoms with E-state index in [1.165, 1.54) is 14.2 Å². The number of carbonyl (C=O) groups excluding carboxylic acids is 2. The Morgan fingerprint density at radius 3 is 2.32 bits per heavy atom. The van der Waals surface area contributed by atoms with E-state index in [0.29, 0.717) is 12.3 Å². The normalized spacial score (nSPS) is 22.0. The van der Waals surface area contributed by atoms with Gasteiger partial charge in [0.05, 0.1) is 14.2 Å². The van der Waals surface area contributed by atoms with Crippen LogP contribution in [0.4, 0.5) is 0 Å². The number of esters is 2. The minimum absolute atomic E-state index is 0.0138. The van der Waals surface area contributed by atoms with Crippen molar-refractivity contribution in [1.29, 1.82) is 0 Å². The third-order valence-electron chi connectivity index (χ3n) is 4.96. The van der Waals surface area contributed by atoms with E-state index in [-0.39, 0.29) is 5.92 Å². The van der Waals surface area contributed by atoms with Crippen LogP contribution >= 0.6 is 0 Å². The van der Waals surface area contributed by atoms with Crippen LogP contribution in [0.2, 0.25) is 0 Å². The number of methoxy groups -OCH3 is 2. The summed E-state index contributed by atoms with van der Waals surface area (Å²) in [5, 5.41) is 0. The molecule has 0 aromatic rings. The van der Waals surface area contributed by atoms with E-state index in [1.54, 1.807) is 0 Å². The summed E-state index contributed by atoms with van der Waals surface area (Å²) in [4.78, 5) is 25.1. The summed E-state index contributed by atoms with van der Waals surface area (Å²) in [6.45, 7) is 5.90. The van der Waals surface area contributed by atoms with Crippen LogP contribution in [0.15, 0.2) is 12.7 Å². The topological polar surface area (TPSA) is 52.6 Å². The van der Waals surface area contributed by atoms with Crippen LogP contribution in [0.25, 0.3) is 0 Å². The highest BCUT2D eigenvalue weighted by Crippen LogP contribution is 2.45. The molecule has 0 radical (unpaired) electrons. The number of allylic oxidation sites excluding steroid dienone is 1. The third kappa shape index (κ3) is 4.11. The van der Waals surface area contributed by atoms with Gasteiger partial charge in [0.25, 0.3) is 0 Å². The molecular formula is C18H30O4. The predicted molar refractivity (Wildman–Crippen MR) is 86.3 cm³/mol. The van der Waals surface area contributed by atoms with Gasteiger partial charge in [-0.2, -0.15) is 0 Å². The number of unbranched alkanes of at least 4 members (excludes halogenated alkanes) is 2. The zero-order valence-corrected chi connectivity index (χ0v) is 14.2. The molecule has 0 amide bonds. The van der Waals surface area contributed by atoms with Crippen molar-refractivity contribution in [1.82, 2.24) is 0 Å². The summed E-state index contributed by atoms with van der Waals surface area (Å²) in [5.41, 5.74) is -1.14. The molecule has 0 N–H and O–H groups in total. The third-order valence-corrected chi connectivity index (χ3v) is 4.96. The Labute approximate surface area is 134 Å². The van der Waals surface area contributed by atoms with Crippen LogP contribution in [-0.2, 0) is 19.1 Å². The predicted octanol–water partition coefficient (Wildman–Crippen LogP) is 3.89. The van der Waals surface area contributed by atoms with Gasteiger partial charge >= 0.3 is 11.9 Å². The van der Waals surface area contributed by atoms with Gasteiger partial charge < -0.3 is 9.47 Å². The molecular weight excluding hydrogens is 280 g/mol. The summed E-state index contributed by atoms with van der Waals surface area (Å²) in [6.07, 6.45) is 8.93. The van der Waals surface area contributed by atoms with Gasteiger partial charge in [-0.05, 0) is 43.9 Å². The smallest absolute Gasteiger partial charge is 0.323 e. The zero-order chi connectivity index (χ0) is 16.6. The van der Waals surface area contributed by atoms with Crippen molar-refractivity contribution in [3.05, 3.63) is 12.7 Å². The Morgan fingerprint density at radius 1 is 1.18 bits per heavy atom. The second kappa shape index (κ2) is 8.96. The Morgan fingerprint density at radius 2 is 1.82 bits per heavy atom. The monoisotopic (exact) mass is 310 g/mol. The Hall–Kier alpha value is -1.32. The lowest BCUT2D eigenvalue weighted by Crippen LogP contribution is -2.48. The van der Waals surface area contributed by atoms with Crippen molar-refractivity contribution in [2.45, 2.75) is 58.3 Å². The maximum absolute atomic E-state index is 12.6. The lowest BCUT2D eigenvalue weighted by atomic mass is 9.64. The minimum Gasteiger partial charge on any atom is -0.468 e. The standard InChI is InChI=1S/C18H30O4/c1-5-6-7-8-12-18(16(19)21-3,17(20)22-4)15-11-9-10-14(2)13-15/h5,14-15H,1,6-13H2,2-4H3. The molecule has 4 heteroatoms. The summed E-state index contributed by atoms with van der Waals surface area (Å²) in [5.74, 6) is -0.324. The van der Waals surface area contributed by atoms with E-state index in [2.05, 4.69) is 13.5 Å². The fraction of sp³-hybridized carbons (Fsp3) is 0.778. The molecule has 1 saturated carbocycles. The van der Waals surface area contributed by atoms with Gasteiger partial charge in [0.2, 0.25) is 0 Å². The van der Waals surface area contributed by atoms with Gasteiger partial charge in [-0.15, -0.1) is 6.58 Å². The van der Waals surface area contributed by atoms with E-state index < -0.39 is 17.4 Å². The van der Waals surface area contributed by atoms with Crippen molar-refractivity contribution < 1.29 is 19.1 Å². The average Bonchev–Trinajstić information content (AvgIpc) is 2.54. The quantitative estimate of drug-likeness (QED) is 0.295. The first kappa shape index (κ1) is 18.7. The number of hydrogen-bond donors (Lipinski definition) is 0. The van der Waals surface area contributed by atoms with Gasteiger partial charge in [-0.25, -0.2) is 0 Å². The second-order valence-electron chi connectivity index (χ2n) is 6.46. The molecule has 0 saturated heterocycles. The Kier molecular flexibility index (Phi) is 7.63. The highest BCUT2D eigenvalue weighted by molar-refractivity contribution is 6.00. The Bertz CT molecular complexity index is 373. The van der Waals surface area contributed by atoms with Gasteiger partial charge in [-0.1, -0.05) is 32.3 Å². The van der Waals surface area contributed by atoms with Crippen LogP contribution in [0.5, 0.6) is 0 Å². The fourth-order valence-electron chi connectivity index (χ4n) is 3.76. The maximum atomic E-state index is 12.6. The molecule has 0 spiro atoms. The molecule has 0 aliphatic heterocycles. The highest BCUT2D eigenvalue weighted by atomic mass is 16.5. The van der Waals surface area contributed by atoms with Crippen LogP contribution in [0.1, 0.15) is 58.3 Å². The lowest BCUT2D eigenvalue weighted by molar-refractivity contribution is -0.176. The van der Waals surface area contributed by atoms with Gasteiger partial charge in [0, 0.05) is 0 Å². The molecule has 4 nitrogen and oxygen atoms in total. The molecule has 1 fully saturated rings. The molecule has 1 aliphatic rings. The van der Waals surface area contributed by atoms with Crippen molar-refractivity contribution in [3.8, 4) is 0 Å². The van der Waals surface area contributed by atoms with Crippen molar-refractivity contribution in [2.75, 3.05) is 14.2 Å². The van der Waals surface area contributed by atoms with Gasteiger partial charge in [-0.3, -0.25) is 9.59 Å². The molecule has 1 rings (SSSR count). The minimum atomic E-state index is -1.14. The zero-order valence-electron chi connectivity index (χ0n) is 14.2. The fourth-order valence-corrected chi connectivity index (χ4v) is 3.76. The van der Waals surface area contributed by atoms with Crippen molar-refractivity contribution in [3.63, 3.8) is 0 Å². The summed E-state index contributed by atoms with van der Waals surface area (Å²) in [7, 11) is 2.71.